The maximum atomic E-state index is 13.0. The average molecular weight is 394 g/mol. The molecule has 2 saturated heterocycles. The molecule has 1 unspecified atom stereocenters. The van der Waals surface area contributed by atoms with Crippen LogP contribution in [0.5, 0.6) is 0 Å². The van der Waals surface area contributed by atoms with Crippen molar-refractivity contribution in [3.8, 4) is 0 Å². The van der Waals surface area contributed by atoms with Crippen LogP contribution < -0.4 is 4.90 Å². The standard InChI is InChI=1S/C14H21FN4O.C2HF3O2/c1-3-10(2)18-8-12-13(9-18)20-5-4-19(12)14-16-6-11(15)7-17-14;3-2(4,5)1(6)7/h6-7,10,12-13H,3-5,8-9H2,1-2H3;(H,6,7)/t10?,12-,13+;/m1./s1. The predicted molar refractivity (Wildman–Crippen MR) is 87.9 cm³/mol. The predicted octanol–water partition coefficient (Wildman–Crippen LogP) is 1.94. The van der Waals surface area contributed by atoms with E-state index in [-0.39, 0.29) is 12.1 Å². The van der Waals surface area contributed by atoms with Crippen LogP contribution in [0.15, 0.2) is 12.4 Å². The minimum Gasteiger partial charge on any atom is -0.475 e. The number of carbonyl (C=O) groups is 1. The number of halogens is 4. The molecule has 152 valence electrons. The Hall–Kier alpha value is -2.01. The topological polar surface area (TPSA) is 78.8 Å². The van der Waals surface area contributed by atoms with Gasteiger partial charge in [-0.25, -0.2) is 19.2 Å². The van der Waals surface area contributed by atoms with Crippen molar-refractivity contribution in [2.45, 2.75) is 44.6 Å². The highest BCUT2D eigenvalue weighted by Gasteiger charge is 2.42. The van der Waals surface area contributed by atoms with Crippen molar-refractivity contribution in [2.24, 2.45) is 0 Å². The molecule has 2 fully saturated rings. The second-order valence-corrected chi connectivity index (χ2v) is 6.39. The molecule has 11 heteroatoms. The Morgan fingerprint density at radius 2 is 1.96 bits per heavy atom. The fourth-order valence-corrected chi connectivity index (χ4v) is 3.04. The van der Waals surface area contributed by atoms with Crippen molar-refractivity contribution in [1.82, 2.24) is 14.9 Å². The molecule has 0 saturated carbocycles. The van der Waals surface area contributed by atoms with Crippen molar-refractivity contribution in [3.05, 3.63) is 18.2 Å². The maximum absolute atomic E-state index is 13.0. The van der Waals surface area contributed by atoms with E-state index in [1.165, 1.54) is 12.4 Å². The largest absolute Gasteiger partial charge is 0.490 e. The number of carboxylic acid groups (broad SMARTS) is 1. The minimum atomic E-state index is -5.08. The molecule has 3 atom stereocenters. The molecule has 0 amide bonds. The van der Waals surface area contributed by atoms with E-state index in [4.69, 9.17) is 14.6 Å². The van der Waals surface area contributed by atoms with Crippen molar-refractivity contribution in [1.29, 1.82) is 0 Å². The van der Waals surface area contributed by atoms with E-state index in [1.54, 1.807) is 0 Å². The molecule has 3 heterocycles. The van der Waals surface area contributed by atoms with E-state index in [1.807, 2.05) is 0 Å². The fraction of sp³-hybridized carbons (Fsp3) is 0.688. The third-order valence-corrected chi connectivity index (χ3v) is 4.65. The van der Waals surface area contributed by atoms with Crippen LogP contribution in [-0.4, -0.2) is 76.5 Å². The molecular formula is C16H22F4N4O3. The lowest BCUT2D eigenvalue weighted by Gasteiger charge is -2.36. The van der Waals surface area contributed by atoms with Gasteiger partial charge < -0.3 is 14.7 Å². The van der Waals surface area contributed by atoms with Gasteiger partial charge in [-0.05, 0) is 13.3 Å². The lowest BCUT2D eigenvalue weighted by atomic mass is 10.1. The zero-order valence-electron chi connectivity index (χ0n) is 15.0. The highest BCUT2D eigenvalue weighted by molar-refractivity contribution is 5.73. The number of rotatable bonds is 3. The number of anilines is 1. The highest BCUT2D eigenvalue weighted by Crippen LogP contribution is 2.27. The van der Waals surface area contributed by atoms with Crippen LogP contribution in [0.1, 0.15) is 20.3 Å². The summed E-state index contributed by atoms with van der Waals surface area (Å²) in [7, 11) is 0. The van der Waals surface area contributed by atoms with E-state index in [2.05, 4.69) is 33.6 Å². The first-order valence-electron chi connectivity index (χ1n) is 8.53. The summed E-state index contributed by atoms with van der Waals surface area (Å²) < 4.78 is 50.6. The Morgan fingerprint density at radius 1 is 1.37 bits per heavy atom. The molecule has 1 aromatic heterocycles. The summed E-state index contributed by atoms with van der Waals surface area (Å²) in [6.45, 7) is 7.81. The molecule has 7 nitrogen and oxygen atoms in total. The molecule has 2 aliphatic heterocycles. The summed E-state index contributed by atoms with van der Waals surface area (Å²) in [6, 6.07) is 0.823. The summed E-state index contributed by atoms with van der Waals surface area (Å²) >= 11 is 0. The number of likely N-dealkylation sites (tertiary alicyclic amines) is 1. The second-order valence-electron chi connectivity index (χ2n) is 6.39. The Labute approximate surface area is 153 Å². The van der Waals surface area contributed by atoms with Crippen LogP contribution >= 0.6 is 0 Å². The first-order chi connectivity index (χ1) is 12.6. The third kappa shape index (κ3) is 5.48. The summed E-state index contributed by atoms with van der Waals surface area (Å²) in [5.74, 6) is -2.55. The number of alkyl halides is 3. The number of aromatic nitrogens is 2. The van der Waals surface area contributed by atoms with E-state index in [0.29, 0.717) is 18.6 Å². The Kier molecular flexibility index (Phi) is 6.93. The van der Waals surface area contributed by atoms with E-state index >= 15 is 0 Å². The SMILES string of the molecule is CCC(C)N1C[C@@H]2OCCN(c3ncc(F)cn3)[C@@H]2C1.O=C(O)C(F)(F)F. The van der Waals surface area contributed by atoms with Gasteiger partial charge in [0.15, 0.2) is 5.82 Å². The molecule has 1 aromatic rings. The molecule has 3 rings (SSSR count). The normalized spacial score (nSPS) is 24.0. The Morgan fingerprint density at radius 3 is 2.48 bits per heavy atom. The monoisotopic (exact) mass is 394 g/mol. The minimum absolute atomic E-state index is 0.200. The van der Waals surface area contributed by atoms with Gasteiger partial charge in [0.2, 0.25) is 5.95 Å². The van der Waals surface area contributed by atoms with Gasteiger partial charge >= 0.3 is 12.1 Å². The van der Waals surface area contributed by atoms with Crippen LogP contribution in [0.25, 0.3) is 0 Å². The van der Waals surface area contributed by atoms with Crippen LogP contribution in [-0.2, 0) is 9.53 Å². The van der Waals surface area contributed by atoms with Gasteiger partial charge in [-0.1, -0.05) is 6.92 Å². The molecule has 27 heavy (non-hydrogen) atoms. The Balaban J connectivity index is 0.000000321. The Bertz CT molecular complexity index is 629. The van der Waals surface area contributed by atoms with Crippen molar-refractivity contribution >= 4 is 11.9 Å². The molecule has 0 spiro atoms. The maximum Gasteiger partial charge on any atom is 0.490 e. The third-order valence-electron chi connectivity index (χ3n) is 4.65. The molecular weight excluding hydrogens is 372 g/mol. The summed E-state index contributed by atoms with van der Waals surface area (Å²) in [5.41, 5.74) is 0. The van der Waals surface area contributed by atoms with Crippen LogP contribution in [0.4, 0.5) is 23.5 Å². The van der Waals surface area contributed by atoms with E-state index in [0.717, 1.165) is 26.1 Å². The molecule has 2 aliphatic rings. The number of hydrogen-bond donors (Lipinski definition) is 1. The lowest BCUT2D eigenvalue weighted by Crippen LogP contribution is -2.51. The first-order valence-corrected chi connectivity index (χ1v) is 8.53. The van der Waals surface area contributed by atoms with Crippen molar-refractivity contribution in [3.63, 3.8) is 0 Å². The lowest BCUT2D eigenvalue weighted by molar-refractivity contribution is -0.192. The van der Waals surface area contributed by atoms with Gasteiger partial charge in [-0.15, -0.1) is 0 Å². The van der Waals surface area contributed by atoms with Crippen LogP contribution in [0, 0.1) is 5.82 Å². The van der Waals surface area contributed by atoms with Crippen LogP contribution in [0.3, 0.4) is 0 Å². The van der Waals surface area contributed by atoms with Crippen LogP contribution in [0.2, 0.25) is 0 Å². The highest BCUT2D eigenvalue weighted by atomic mass is 19.4. The smallest absolute Gasteiger partial charge is 0.475 e. The number of morpholine rings is 1. The van der Waals surface area contributed by atoms with Gasteiger partial charge in [0.05, 0.1) is 31.1 Å². The average Bonchev–Trinajstić information content (AvgIpc) is 3.05. The van der Waals surface area contributed by atoms with Gasteiger partial charge in [-0.3, -0.25) is 4.90 Å². The van der Waals surface area contributed by atoms with E-state index < -0.39 is 18.0 Å². The molecule has 0 bridgehead atoms. The van der Waals surface area contributed by atoms with Gasteiger partial charge in [0.25, 0.3) is 0 Å². The quantitative estimate of drug-likeness (QED) is 0.785. The van der Waals surface area contributed by atoms with Gasteiger partial charge in [-0.2, -0.15) is 13.2 Å². The summed E-state index contributed by atoms with van der Waals surface area (Å²) in [5, 5.41) is 7.12. The molecule has 0 radical (unpaired) electrons. The summed E-state index contributed by atoms with van der Waals surface area (Å²) in [6.07, 6.45) is -1.29. The zero-order chi connectivity index (χ0) is 20.2. The molecule has 0 aliphatic carbocycles. The number of hydrogen-bond acceptors (Lipinski definition) is 6. The molecule has 0 aromatic carbocycles. The first kappa shape index (κ1) is 21.3. The number of ether oxygens (including phenoxy) is 1. The second kappa shape index (κ2) is 8.79. The number of nitrogens with zero attached hydrogens (tertiary/aromatic N) is 4. The molecule has 1 N–H and O–H groups in total. The zero-order valence-corrected chi connectivity index (χ0v) is 15.0. The number of carboxylic acids is 1. The number of fused-ring (bicyclic) bond motifs is 1. The van der Waals surface area contributed by atoms with Crippen molar-refractivity contribution in [2.75, 3.05) is 31.1 Å². The van der Waals surface area contributed by atoms with Gasteiger partial charge in [0, 0.05) is 25.7 Å². The van der Waals surface area contributed by atoms with E-state index in [9.17, 15) is 17.6 Å². The van der Waals surface area contributed by atoms with Crippen molar-refractivity contribution < 1.29 is 32.2 Å². The summed E-state index contributed by atoms with van der Waals surface area (Å²) in [4.78, 5) is 21.8. The van der Waals surface area contributed by atoms with Gasteiger partial charge in [0.1, 0.15) is 0 Å². The number of aliphatic carboxylic acids is 1. The fourth-order valence-electron chi connectivity index (χ4n) is 3.04.